The van der Waals surface area contributed by atoms with Gasteiger partial charge in [0, 0.05) is 0 Å². The van der Waals surface area contributed by atoms with Gasteiger partial charge >= 0.3 is 0 Å². The first-order valence-electron chi connectivity index (χ1n) is 3.41. The molecule has 0 aliphatic heterocycles. The molecule has 0 saturated heterocycles. The second kappa shape index (κ2) is 4.38. The highest BCUT2D eigenvalue weighted by Gasteiger charge is 1.97. The zero-order valence-electron chi connectivity index (χ0n) is 6.26. The van der Waals surface area contributed by atoms with Crippen LogP contribution in [-0.4, -0.2) is 6.61 Å². The van der Waals surface area contributed by atoms with Crippen molar-refractivity contribution in [2.45, 2.75) is 13.5 Å². The van der Waals surface area contributed by atoms with Crippen molar-refractivity contribution in [3.8, 4) is 0 Å². The highest BCUT2D eigenvalue weighted by Crippen LogP contribution is 2.12. The molecule has 1 aromatic heterocycles. The topological polar surface area (TPSA) is 34.4 Å². The van der Waals surface area contributed by atoms with Crippen LogP contribution in [0.25, 0.3) is 0 Å². The van der Waals surface area contributed by atoms with Gasteiger partial charge in [0.25, 0.3) is 0 Å². The van der Waals surface area contributed by atoms with Crippen LogP contribution >= 0.6 is 11.6 Å². The molecule has 1 heterocycles. The first kappa shape index (κ1) is 8.59. The fourth-order valence-electron chi connectivity index (χ4n) is 0.671. The fraction of sp³-hybridized carbons (Fsp3) is 0.429. The van der Waals surface area contributed by atoms with Crippen LogP contribution < -0.4 is 5.48 Å². The highest BCUT2D eigenvalue weighted by molar-refractivity contribution is 6.28. The van der Waals surface area contributed by atoms with E-state index in [0.29, 0.717) is 18.4 Å². The Labute approximate surface area is 70.2 Å². The van der Waals surface area contributed by atoms with E-state index in [2.05, 4.69) is 5.48 Å². The molecule has 1 rings (SSSR count). The first-order chi connectivity index (χ1) is 5.33. The third kappa shape index (κ3) is 2.93. The zero-order valence-corrected chi connectivity index (χ0v) is 7.02. The number of hydrogen-bond acceptors (Lipinski definition) is 3. The monoisotopic (exact) mass is 175 g/mol. The summed E-state index contributed by atoms with van der Waals surface area (Å²) in [5.74, 6) is 0.767. The second-order valence-corrected chi connectivity index (χ2v) is 2.33. The molecule has 0 radical (unpaired) electrons. The molecule has 3 nitrogen and oxygen atoms in total. The molecule has 62 valence electrons. The summed E-state index contributed by atoms with van der Waals surface area (Å²) < 4.78 is 5.05. The minimum Gasteiger partial charge on any atom is -0.448 e. The lowest BCUT2D eigenvalue weighted by atomic mass is 10.5. The van der Waals surface area contributed by atoms with E-state index in [0.717, 1.165) is 5.76 Å². The maximum Gasteiger partial charge on any atom is 0.193 e. The zero-order chi connectivity index (χ0) is 8.10. The van der Waals surface area contributed by atoms with E-state index in [1.807, 2.05) is 6.92 Å². The van der Waals surface area contributed by atoms with E-state index >= 15 is 0 Å². The summed E-state index contributed by atoms with van der Waals surface area (Å²) in [6.07, 6.45) is 0. The van der Waals surface area contributed by atoms with Crippen LogP contribution in [-0.2, 0) is 11.4 Å². The first-order valence-corrected chi connectivity index (χ1v) is 3.79. The number of halogens is 1. The van der Waals surface area contributed by atoms with Crippen LogP contribution in [0, 0.1) is 0 Å². The van der Waals surface area contributed by atoms with Crippen molar-refractivity contribution >= 4 is 11.6 Å². The Bertz CT molecular complexity index is 212. The van der Waals surface area contributed by atoms with Crippen molar-refractivity contribution < 1.29 is 9.25 Å². The van der Waals surface area contributed by atoms with Crippen LogP contribution in [0.5, 0.6) is 0 Å². The largest absolute Gasteiger partial charge is 0.448 e. The SMILES string of the molecule is CCONCc1ccc(Cl)o1. The van der Waals surface area contributed by atoms with Gasteiger partial charge < -0.3 is 9.25 Å². The summed E-state index contributed by atoms with van der Waals surface area (Å²) in [6.45, 7) is 3.08. The van der Waals surface area contributed by atoms with E-state index in [4.69, 9.17) is 20.9 Å². The molecule has 0 unspecified atom stereocenters. The van der Waals surface area contributed by atoms with Crippen molar-refractivity contribution in [2.24, 2.45) is 0 Å². The highest BCUT2D eigenvalue weighted by atomic mass is 35.5. The molecule has 1 aromatic rings. The maximum absolute atomic E-state index is 5.54. The van der Waals surface area contributed by atoms with Crippen LogP contribution in [0.15, 0.2) is 16.5 Å². The molecule has 0 amide bonds. The Morgan fingerprint density at radius 3 is 3.00 bits per heavy atom. The van der Waals surface area contributed by atoms with E-state index < -0.39 is 0 Å². The molecular formula is C7H10ClNO2. The third-order valence-corrected chi connectivity index (χ3v) is 1.32. The molecule has 1 N–H and O–H groups in total. The summed E-state index contributed by atoms with van der Waals surface area (Å²) >= 11 is 5.54. The fourth-order valence-corrected chi connectivity index (χ4v) is 0.833. The Morgan fingerprint density at radius 2 is 2.45 bits per heavy atom. The number of rotatable bonds is 4. The van der Waals surface area contributed by atoms with Gasteiger partial charge in [0.2, 0.25) is 0 Å². The summed E-state index contributed by atoms with van der Waals surface area (Å²) in [7, 11) is 0. The molecule has 11 heavy (non-hydrogen) atoms. The summed E-state index contributed by atoms with van der Waals surface area (Å²) in [4.78, 5) is 4.89. The predicted molar refractivity (Wildman–Crippen MR) is 42.2 cm³/mol. The van der Waals surface area contributed by atoms with Gasteiger partial charge in [-0.1, -0.05) is 0 Å². The van der Waals surface area contributed by atoms with Gasteiger partial charge in [-0.15, -0.1) is 0 Å². The second-order valence-electron chi connectivity index (χ2n) is 1.96. The van der Waals surface area contributed by atoms with Crippen LogP contribution in [0.1, 0.15) is 12.7 Å². The van der Waals surface area contributed by atoms with Gasteiger partial charge in [-0.05, 0) is 30.7 Å². The van der Waals surface area contributed by atoms with Gasteiger partial charge in [-0.2, -0.15) is 5.48 Å². The Hall–Kier alpha value is -0.510. The predicted octanol–water partition coefficient (Wildman–Crippen LogP) is 1.97. The van der Waals surface area contributed by atoms with E-state index in [9.17, 15) is 0 Å². The van der Waals surface area contributed by atoms with Crippen molar-refractivity contribution in [2.75, 3.05) is 6.61 Å². The lowest BCUT2D eigenvalue weighted by Gasteiger charge is -1.98. The van der Waals surface area contributed by atoms with Gasteiger partial charge in [0.05, 0.1) is 13.2 Å². The molecule has 0 spiro atoms. The van der Waals surface area contributed by atoms with E-state index in [1.54, 1.807) is 12.1 Å². The summed E-state index contributed by atoms with van der Waals surface area (Å²) in [5, 5.41) is 0.401. The average molecular weight is 176 g/mol. The van der Waals surface area contributed by atoms with Crippen LogP contribution in [0.3, 0.4) is 0 Å². The van der Waals surface area contributed by atoms with E-state index in [1.165, 1.54) is 0 Å². The number of nitrogens with one attached hydrogen (secondary N) is 1. The molecule has 4 heteroatoms. The number of hydrogen-bond donors (Lipinski definition) is 1. The molecule has 0 saturated carbocycles. The minimum absolute atomic E-state index is 0.401. The van der Waals surface area contributed by atoms with Crippen molar-refractivity contribution in [3.63, 3.8) is 0 Å². The Kier molecular flexibility index (Phi) is 3.42. The van der Waals surface area contributed by atoms with Gasteiger partial charge in [-0.25, -0.2) is 0 Å². The average Bonchev–Trinajstić information content (AvgIpc) is 2.37. The molecule has 0 aliphatic rings. The van der Waals surface area contributed by atoms with Crippen molar-refractivity contribution in [3.05, 3.63) is 23.1 Å². The van der Waals surface area contributed by atoms with Gasteiger partial charge in [0.1, 0.15) is 5.76 Å². The normalized spacial score (nSPS) is 10.4. The third-order valence-electron chi connectivity index (χ3n) is 1.12. The molecule has 0 aromatic carbocycles. The number of furan rings is 1. The van der Waals surface area contributed by atoms with Crippen molar-refractivity contribution in [1.82, 2.24) is 5.48 Å². The Morgan fingerprint density at radius 1 is 1.64 bits per heavy atom. The van der Waals surface area contributed by atoms with Crippen LogP contribution in [0.2, 0.25) is 5.22 Å². The Balaban J connectivity index is 2.27. The molecule has 0 atom stereocenters. The summed E-state index contributed by atoms with van der Waals surface area (Å²) in [5.41, 5.74) is 2.71. The lowest BCUT2D eigenvalue weighted by molar-refractivity contribution is 0.0426. The molecule has 0 bridgehead atoms. The smallest absolute Gasteiger partial charge is 0.193 e. The summed E-state index contributed by atoms with van der Waals surface area (Å²) in [6, 6.07) is 3.50. The molecular weight excluding hydrogens is 166 g/mol. The number of hydroxylamine groups is 1. The van der Waals surface area contributed by atoms with Gasteiger partial charge in [-0.3, -0.25) is 0 Å². The quantitative estimate of drug-likeness (QED) is 0.561. The van der Waals surface area contributed by atoms with Gasteiger partial charge in [0.15, 0.2) is 5.22 Å². The minimum atomic E-state index is 0.401. The van der Waals surface area contributed by atoms with E-state index in [-0.39, 0.29) is 0 Å². The molecule has 0 fully saturated rings. The standard InChI is InChI=1S/C7H10ClNO2/c1-2-10-9-5-6-3-4-7(8)11-6/h3-4,9H,2,5H2,1H3. The van der Waals surface area contributed by atoms with Crippen LogP contribution in [0.4, 0.5) is 0 Å². The lowest BCUT2D eigenvalue weighted by Crippen LogP contribution is -2.12. The van der Waals surface area contributed by atoms with Crippen molar-refractivity contribution in [1.29, 1.82) is 0 Å². The maximum atomic E-state index is 5.54. The molecule has 0 aliphatic carbocycles.